The molecule has 1 aliphatic rings. The lowest BCUT2D eigenvalue weighted by Crippen LogP contribution is -2.23. The van der Waals surface area contributed by atoms with Crippen molar-refractivity contribution in [2.24, 2.45) is 0 Å². The molecule has 4 nitrogen and oxygen atoms in total. The number of nitrogens with one attached hydrogen (secondary N) is 2. The Balaban J connectivity index is 2.20. The zero-order valence-corrected chi connectivity index (χ0v) is 8.41. The van der Waals surface area contributed by atoms with Crippen molar-refractivity contribution in [3.63, 3.8) is 0 Å². The second kappa shape index (κ2) is 4.14. The van der Waals surface area contributed by atoms with E-state index in [9.17, 15) is 4.79 Å². The van der Waals surface area contributed by atoms with Crippen LogP contribution in [0.1, 0.15) is 15.9 Å². The van der Waals surface area contributed by atoms with Gasteiger partial charge in [-0.25, -0.2) is 10.2 Å². The molecule has 0 atom stereocenters. The number of carbonyl (C=O) groups excluding carboxylic acids is 1. The quantitative estimate of drug-likeness (QED) is 0.703. The van der Waals surface area contributed by atoms with Crippen molar-refractivity contribution in [2.45, 2.75) is 0 Å². The van der Waals surface area contributed by atoms with E-state index in [1.54, 1.807) is 12.1 Å². The molecule has 0 saturated heterocycles. The van der Waals surface area contributed by atoms with E-state index in [0.29, 0.717) is 5.56 Å². The fraction of sp³-hybridized carbons (Fsp3) is 0.182. The normalized spacial score (nSPS) is 14.3. The Morgan fingerprint density at radius 3 is 2.60 bits per heavy atom. The third-order valence-electron chi connectivity index (χ3n) is 2.25. The van der Waals surface area contributed by atoms with Gasteiger partial charge in [-0.05, 0) is 23.8 Å². The van der Waals surface area contributed by atoms with Gasteiger partial charge in [0.1, 0.15) is 0 Å². The van der Waals surface area contributed by atoms with Gasteiger partial charge in [-0.15, -0.1) is 0 Å². The van der Waals surface area contributed by atoms with Gasteiger partial charge in [0.25, 0.3) is 0 Å². The van der Waals surface area contributed by atoms with Crippen LogP contribution >= 0.6 is 0 Å². The largest absolute Gasteiger partial charge is 0.465 e. The van der Waals surface area contributed by atoms with Gasteiger partial charge in [0.05, 0.1) is 18.4 Å². The van der Waals surface area contributed by atoms with E-state index in [2.05, 4.69) is 15.6 Å². The minimum absolute atomic E-state index is 0.312. The summed E-state index contributed by atoms with van der Waals surface area (Å²) in [6.07, 6.45) is 2.05. The first-order valence-electron chi connectivity index (χ1n) is 4.69. The number of esters is 1. The number of hydrogen-bond acceptors (Lipinski definition) is 4. The summed E-state index contributed by atoms with van der Waals surface area (Å²) in [5, 5.41) is 0. The zero-order valence-electron chi connectivity index (χ0n) is 8.41. The lowest BCUT2D eigenvalue weighted by atomic mass is 10.1. The van der Waals surface area contributed by atoms with Gasteiger partial charge in [0, 0.05) is 6.54 Å². The minimum Gasteiger partial charge on any atom is -0.465 e. The summed E-state index contributed by atoms with van der Waals surface area (Å²) >= 11 is 0. The smallest absolute Gasteiger partial charge is 0.337 e. The van der Waals surface area contributed by atoms with Crippen LogP contribution in [0.25, 0.3) is 5.70 Å². The van der Waals surface area contributed by atoms with E-state index in [1.165, 1.54) is 7.11 Å². The summed E-state index contributed by atoms with van der Waals surface area (Å²) in [6.45, 7) is 0.814. The molecular weight excluding hydrogens is 192 g/mol. The molecule has 0 spiro atoms. The highest BCUT2D eigenvalue weighted by Crippen LogP contribution is 2.14. The third kappa shape index (κ3) is 1.99. The number of benzene rings is 1. The lowest BCUT2D eigenvalue weighted by molar-refractivity contribution is 0.0601. The number of rotatable bonds is 2. The maximum Gasteiger partial charge on any atom is 0.337 e. The van der Waals surface area contributed by atoms with E-state index in [-0.39, 0.29) is 5.97 Å². The van der Waals surface area contributed by atoms with Gasteiger partial charge in [-0.3, -0.25) is 0 Å². The maximum atomic E-state index is 11.2. The summed E-state index contributed by atoms with van der Waals surface area (Å²) in [6, 6.07) is 7.28. The van der Waals surface area contributed by atoms with Gasteiger partial charge in [-0.1, -0.05) is 12.1 Å². The Labute approximate surface area is 87.9 Å². The molecule has 1 heterocycles. The third-order valence-corrected chi connectivity index (χ3v) is 2.25. The van der Waals surface area contributed by atoms with Gasteiger partial charge in [0.15, 0.2) is 0 Å². The Morgan fingerprint density at radius 1 is 1.33 bits per heavy atom. The predicted octanol–water partition coefficient (Wildman–Crippen LogP) is 0.922. The average molecular weight is 204 g/mol. The Bertz CT molecular complexity index is 396. The number of carbonyl (C=O) groups is 1. The van der Waals surface area contributed by atoms with Crippen LogP contribution in [0.2, 0.25) is 0 Å². The van der Waals surface area contributed by atoms with Gasteiger partial charge in [-0.2, -0.15) is 0 Å². The molecule has 4 heteroatoms. The highest BCUT2D eigenvalue weighted by atomic mass is 16.5. The first kappa shape index (κ1) is 9.73. The van der Waals surface area contributed by atoms with Crippen molar-refractivity contribution >= 4 is 11.7 Å². The van der Waals surface area contributed by atoms with E-state index in [0.717, 1.165) is 17.8 Å². The van der Waals surface area contributed by atoms with Crippen molar-refractivity contribution in [1.82, 2.24) is 10.9 Å². The van der Waals surface area contributed by atoms with Crippen molar-refractivity contribution in [3.05, 3.63) is 41.5 Å². The molecule has 15 heavy (non-hydrogen) atoms. The molecule has 78 valence electrons. The van der Waals surface area contributed by atoms with Crippen LogP contribution in [0.4, 0.5) is 0 Å². The van der Waals surface area contributed by atoms with Gasteiger partial charge >= 0.3 is 5.97 Å². The lowest BCUT2D eigenvalue weighted by Gasteiger charge is -2.05. The average Bonchev–Trinajstić information content (AvgIpc) is 2.82. The molecule has 0 fully saturated rings. The maximum absolute atomic E-state index is 11.2. The Kier molecular flexibility index (Phi) is 2.69. The molecule has 0 aromatic heterocycles. The SMILES string of the molecule is COC(=O)c1ccc(C2=CCNN2)cc1. The van der Waals surface area contributed by atoms with Crippen molar-refractivity contribution in [3.8, 4) is 0 Å². The molecule has 1 aromatic carbocycles. The van der Waals surface area contributed by atoms with Crippen LogP contribution in [0.15, 0.2) is 30.3 Å². The molecule has 0 unspecified atom stereocenters. The summed E-state index contributed by atoms with van der Waals surface area (Å²) in [5.41, 5.74) is 8.66. The highest BCUT2D eigenvalue weighted by Gasteiger charge is 2.08. The summed E-state index contributed by atoms with van der Waals surface area (Å²) < 4.78 is 4.62. The summed E-state index contributed by atoms with van der Waals surface area (Å²) in [4.78, 5) is 11.2. The number of hydrogen-bond donors (Lipinski definition) is 2. The number of methoxy groups -OCH3 is 1. The van der Waals surface area contributed by atoms with E-state index < -0.39 is 0 Å². The number of hydrazine groups is 1. The van der Waals surface area contributed by atoms with Crippen LogP contribution in [0.3, 0.4) is 0 Å². The highest BCUT2D eigenvalue weighted by molar-refractivity contribution is 5.89. The molecule has 0 radical (unpaired) electrons. The molecule has 2 N–H and O–H groups in total. The van der Waals surface area contributed by atoms with E-state index in [1.807, 2.05) is 18.2 Å². The van der Waals surface area contributed by atoms with E-state index in [4.69, 9.17) is 0 Å². The summed E-state index contributed by atoms with van der Waals surface area (Å²) in [5.74, 6) is -0.312. The molecule has 1 aliphatic heterocycles. The first-order valence-corrected chi connectivity index (χ1v) is 4.69. The molecule has 0 saturated carbocycles. The van der Waals surface area contributed by atoms with Crippen LogP contribution in [0, 0.1) is 0 Å². The minimum atomic E-state index is -0.312. The van der Waals surface area contributed by atoms with E-state index >= 15 is 0 Å². The number of ether oxygens (including phenoxy) is 1. The monoisotopic (exact) mass is 204 g/mol. The van der Waals surface area contributed by atoms with Crippen LogP contribution in [-0.2, 0) is 4.74 Å². The first-order chi connectivity index (χ1) is 7.31. The van der Waals surface area contributed by atoms with Crippen molar-refractivity contribution in [2.75, 3.05) is 13.7 Å². The molecule has 0 amide bonds. The van der Waals surface area contributed by atoms with Crippen LogP contribution in [-0.4, -0.2) is 19.6 Å². The van der Waals surface area contributed by atoms with Crippen LogP contribution in [0.5, 0.6) is 0 Å². The fourth-order valence-corrected chi connectivity index (χ4v) is 1.44. The second-order valence-corrected chi connectivity index (χ2v) is 3.19. The predicted molar refractivity (Wildman–Crippen MR) is 56.9 cm³/mol. The molecule has 0 aliphatic carbocycles. The zero-order chi connectivity index (χ0) is 10.7. The van der Waals surface area contributed by atoms with Crippen molar-refractivity contribution in [1.29, 1.82) is 0 Å². The Morgan fingerprint density at radius 2 is 2.07 bits per heavy atom. The Hall–Kier alpha value is -1.81. The second-order valence-electron chi connectivity index (χ2n) is 3.19. The van der Waals surface area contributed by atoms with Crippen LogP contribution < -0.4 is 10.9 Å². The topological polar surface area (TPSA) is 50.4 Å². The standard InChI is InChI=1S/C11H12N2O2/c1-15-11(14)9-4-2-8(3-5-9)10-6-7-12-13-10/h2-6,12-13H,7H2,1H3. The van der Waals surface area contributed by atoms with Crippen molar-refractivity contribution < 1.29 is 9.53 Å². The summed E-state index contributed by atoms with van der Waals surface area (Å²) in [7, 11) is 1.38. The molecular formula is C11H12N2O2. The molecule has 0 bridgehead atoms. The van der Waals surface area contributed by atoms with Gasteiger partial charge in [0.2, 0.25) is 0 Å². The fourth-order valence-electron chi connectivity index (χ4n) is 1.44. The van der Waals surface area contributed by atoms with Gasteiger partial charge < -0.3 is 10.2 Å². The molecule has 2 rings (SSSR count). The molecule has 1 aromatic rings.